The molecular weight excluding hydrogens is 1590 g/mol. The molecule has 0 saturated heterocycles. The maximum Gasteiger partial charge on any atom is 0.407 e. The van der Waals surface area contributed by atoms with Crippen molar-refractivity contribution in [3.63, 3.8) is 0 Å². The normalized spacial score (nSPS) is 21.3. The highest BCUT2D eigenvalue weighted by Crippen LogP contribution is 2.51. The number of allylic oxidation sites excluding steroid dienone is 3. The lowest BCUT2D eigenvalue weighted by molar-refractivity contribution is -0.167. The predicted octanol–water partition coefficient (Wildman–Crippen LogP) is 26.2. The Bertz CT molecular complexity index is 3010. The third-order valence-corrected chi connectivity index (χ3v) is 24.7. The quantitative estimate of drug-likeness (QED) is 0.0124. The van der Waals surface area contributed by atoms with Crippen molar-refractivity contribution in [3.8, 4) is 0 Å². The molecule has 0 aromatic rings. The number of carbonyl (C=O) groups is 8. The number of ether oxygens (including phenoxy) is 9. The lowest BCUT2D eigenvalue weighted by Crippen LogP contribution is -2.50. The van der Waals surface area contributed by atoms with E-state index in [1.807, 2.05) is 41.5 Å². The standard InChI is InChI=1S/C104H185N5O17/c1-20-23-26-47-56-87(123-94(113)65-84-66-99(11,12)74-102(17,67-84)78-106-95(114)121-81(6)7)57-50-41-35-29-32-38-44-53-62-91(110)118-72-90(124-93(112)64-55-46-40-34-31-37-43-52-60-88(58-48-27-24-21-2)125-97(116)108-85-68-100(13,14)75-103(18,70-85)77-105-83(10)120-80(4)5)73-119-92(111)63-54-45-39-33-30-36-42-51-61-89(59-49-28-25-22-3)126-98(117)109-86-69-101(15,16)76-104(19,71-86)79-107-96(115)122-82(8)9/h41-43,50-52,80-82,84-90,105H,10,20-40,44-49,53-79H2,1-9,11-19H3,(H,106,114)(H,107,115)(H,108,116)(H,109,117)/b50-41-,51-42-,52-43-. The minimum atomic E-state index is -0.934. The van der Waals surface area contributed by atoms with E-state index in [4.69, 9.17) is 42.6 Å². The zero-order chi connectivity index (χ0) is 93.3. The van der Waals surface area contributed by atoms with Crippen LogP contribution in [0.5, 0.6) is 0 Å². The highest BCUT2D eigenvalue weighted by Gasteiger charge is 2.45. The molecule has 0 aromatic carbocycles. The van der Waals surface area contributed by atoms with Gasteiger partial charge in [-0.3, -0.25) is 19.2 Å². The summed E-state index contributed by atoms with van der Waals surface area (Å²) in [6, 6.07) is -0.0938. The summed E-state index contributed by atoms with van der Waals surface area (Å²) in [5.74, 6) is -0.596. The molecule has 10 atom stereocenters. The van der Waals surface area contributed by atoms with E-state index in [2.05, 4.69) is 153 Å². The van der Waals surface area contributed by atoms with Crippen LogP contribution in [0.15, 0.2) is 48.9 Å². The number of hydrogen-bond acceptors (Lipinski definition) is 18. The molecule has 0 aliphatic heterocycles. The van der Waals surface area contributed by atoms with E-state index < -0.39 is 24.3 Å². The van der Waals surface area contributed by atoms with E-state index in [9.17, 15) is 38.4 Å². The van der Waals surface area contributed by atoms with Gasteiger partial charge in [0, 0.05) is 76.7 Å². The topological polar surface area (TPSA) is 280 Å². The molecule has 10 unspecified atom stereocenters. The molecule has 22 nitrogen and oxygen atoms in total. The summed E-state index contributed by atoms with van der Waals surface area (Å²) in [6.07, 6.45) is 52.3. The van der Waals surface area contributed by atoms with Crippen molar-refractivity contribution < 1.29 is 81.0 Å². The lowest BCUT2D eigenvalue weighted by Gasteiger charge is -2.47. The van der Waals surface area contributed by atoms with Crippen LogP contribution in [0.1, 0.15) is 439 Å². The molecule has 0 aromatic heterocycles. The molecule has 5 N–H and O–H groups in total. The van der Waals surface area contributed by atoms with Crippen molar-refractivity contribution in [2.75, 3.05) is 32.8 Å². The average molecular weight is 1780 g/mol. The first-order chi connectivity index (χ1) is 59.7. The highest BCUT2D eigenvalue weighted by atomic mass is 16.6. The number of unbranched alkanes of at least 4 members (excludes halogenated alkanes) is 24. The molecule has 3 rings (SSSR count). The predicted molar refractivity (Wildman–Crippen MR) is 508 cm³/mol. The van der Waals surface area contributed by atoms with Gasteiger partial charge >= 0.3 is 48.3 Å². The van der Waals surface area contributed by atoms with Crippen LogP contribution in [0.25, 0.3) is 0 Å². The molecule has 3 aliphatic carbocycles. The molecule has 0 heterocycles. The van der Waals surface area contributed by atoms with Gasteiger partial charge in [-0.05, 0) is 241 Å². The Hall–Kier alpha value is -6.48. The first-order valence-corrected chi connectivity index (χ1v) is 50.3. The van der Waals surface area contributed by atoms with Crippen molar-refractivity contribution >= 4 is 48.3 Å². The van der Waals surface area contributed by atoms with Gasteiger partial charge in [0.1, 0.15) is 31.5 Å². The molecule has 126 heavy (non-hydrogen) atoms. The minimum absolute atomic E-state index is 0.00851. The van der Waals surface area contributed by atoms with Gasteiger partial charge in [0.05, 0.1) is 18.3 Å². The van der Waals surface area contributed by atoms with E-state index >= 15 is 0 Å². The van der Waals surface area contributed by atoms with Crippen molar-refractivity contribution in [3.05, 3.63) is 48.9 Å². The summed E-state index contributed by atoms with van der Waals surface area (Å²) >= 11 is 0. The number of nitrogens with one attached hydrogen (secondary N) is 5. The third-order valence-electron chi connectivity index (χ3n) is 24.7. The molecule has 3 saturated carbocycles. The Morgan fingerprint density at radius 3 is 1.04 bits per heavy atom. The zero-order valence-electron chi connectivity index (χ0n) is 83.1. The number of hydrogen-bond donors (Lipinski definition) is 5. The van der Waals surface area contributed by atoms with Gasteiger partial charge in [-0.25, -0.2) is 19.2 Å². The molecule has 4 amide bonds. The van der Waals surface area contributed by atoms with Gasteiger partial charge in [0.15, 0.2) is 12.0 Å². The second-order valence-electron chi connectivity index (χ2n) is 42.2. The van der Waals surface area contributed by atoms with Gasteiger partial charge < -0.3 is 69.2 Å². The average Bonchev–Trinajstić information content (AvgIpc) is 0.807. The number of carbonyl (C=O) groups excluding carboxylic acids is 8. The molecule has 22 heteroatoms. The molecular formula is C104H185N5O17. The SMILES string of the molecule is C=C(NCC1(C)CC(NC(=O)OC(C/C=C\CCCCCCCC(=O)OC(COC(=O)CCCCCCC/C=C\CC(CCCCCC)OC(=O)CC2CC(C)(C)CC(C)(CNC(=O)OC(C)C)C2)COC(=O)CCCCCCC/C=C\CC(CCCCCC)OC(=O)NC2CC(C)(C)CC(C)(CNC(=O)OC(C)C)C2)CCCCCC)CC(C)(C)C1)OC(C)C. The first-order valence-electron chi connectivity index (χ1n) is 50.3. The van der Waals surface area contributed by atoms with E-state index in [1.54, 1.807) is 0 Å². The summed E-state index contributed by atoms with van der Waals surface area (Å²) in [5, 5.41) is 15.8. The number of rotatable bonds is 68. The summed E-state index contributed by atoms with van der Waals surface area (Å²) in [5.41, 5.74) is -0.426. The lowest BCUT2D eigenvalue weighted by atomic mass is 9.60. The monoisotopic (exact) mass is 1780 g/mol. The van der Waals surface area contributed by atoms with Crippen LogP contribution >= 0.6 is 0 Å². The van der Waals surface area contributed by atoms with Crippen molar-refractivity contribution in [2.24, 2.45) is 38.4 Å². The van der Waals surface area contributed by atoms with E-state index in [0.29, 0.717) is 70.5 Å². The number of amides is 4. The Balaban J connectivity index is 1.51. The van der Waals surface area contributed by atoms with Crippen molar-refractivity contribution in [2.45, 2.75) is 494 Å². The smallest absolute Gasteiger partial charge is 0.407 e. The molecule has 0 bridgehead atoms. The van der Waals surface area contributed by atoms with E-state index in [0.717, 1.165) is 250 Å². The Morgan fingerprint density at radius 2 is 0.659 bits per heavy atom. The Labute approximate surface area is 766 Å². The van der Waals surface area contributed by atoms with Crippen molar-refractivity contribution in [1.82, 2.24) is 26.6 Å². The maximum atomic E-state index is 13.6. The largest absolute Gasteiger partial charge is 0.477 e. The third kappa shape index (κ3) is 57.5. The summed E-state index contributed by atoms with van der Waals surface area (Å²) in [4.78, 5) is 105. The van der Waals surface area contributed by atoms with Gasteiger partial charge in [-0.15, -0.1) is 0 Å². The van der Waals surface area contributed by atoms with Gasteiger partial charge in [-0.2, -0.15) is 0 Å². The van der Waals surface area contributed by atoms with Gasteiger partial charge in [0.25, 0.3) is 0 Å². The summed E-state index contributed by atoms with van der Waals surface area (Å²) in [6.45, 7) is 43.3. The number of alkyl carbamates (subject to hydrolysis) is 4. The van der Waals surface area contributed by atoms with Gasteiger partial charge in [-0.1, -0.05) is 235 Å². The minimum Gasteiger partial charge on any atom is -0.477 e. The summed E-state index contributed by atoms with van der Waals surface area (Å²) in [7, 11) is 0. The van der Waals surface area contributed by atoms with Crippen LogP contribution in [-0.4, -0.2) is 136 Å². The number of esters is 4. The zero-order valence-corrected chi connectivity index (χ0v) is 83.1. The highest BCUT2D eigenvalue weighted by molar-refractivity contribution is 5.72. The van der Waals surface area contributed by atoms with Crippen LogP contribution in [-0.2, 0) is 61.8 Å². The van der Waals surface area contributed by atoms with Crippen LogP contribution in [0, 0.1) is 38.4 Å². The van der Waals surface area contributed by atoms with E-state index in [1.165, 1.54) is 0 Å². The van der Waals surface area contributed by atoms with Crippen LogP contribution in [0.2, 0.25) is 0 Å². The first kappa shape index (κ1) is 114. The van der Waals surface area contributed by atoms with Crippen LogP contribution in [0.3, 0.4) is 0 Å². The van der Waals surface area contributed by atoms with Crippen molar-refractivity contribution in [1.29, 1.82) is 0 Å². The fraction of sp³-hybridized carbons (Fsp3) is 0.846. The molecule has 728 valence electrons. The maximum absolute atomic E-state index is 13.6. The van der Waals surface area contributed by atoms with Crippen LogP contribution in [0.4, 0.5) is 19.2 Å². The fourth-order valence-electron chi connectivity index (χ4n) is 20.0. The second-order valence-corrected chi connectivity index (χ2v) is 42.2. The van der Waals surface area contributed by atoms with Crippen LogP contribution < -0.4 is 26.6 Å². The Morgan fingerprint density at radius 1 is 0.333 bits per heavy atom. The fourth-order valence-corrected chi connectivity index (χ4v) is 20.0. The molecule has 0 spiro atoms. The summed E-state index contributed by atoms with van der Waals surface area (Å²) < 4.78 is 52.3. The van der Waals surface area contributed by atoms with E-state index in [-0.39, 0.29) is 150 Å². The molecule has 3 fully saturated rings. The Kier molecular flexibility index (Phi) is 57.3. The van der Waals surface area contributed by atoms with Gasteiger partial charge in [0.2, 0.25) is 0 Å². The molecule has 0 radical (unpaired) electrons. The molecule has 3 aliphatic rings. The second kappa shape index (κ2) is 63.5.